The van der Waals surface area contributed by atoms with Crippen molar-refractivity contribution in [2.24, 2.45) is 13.0 Å². The van der Waals surface area contributed by atoms with Crippen LogP contribution in [0.25, 0.3) is 11.5 Å². The number of aromatic nitrogens is 5. The zero-order valence-corrected chi connectivity index (χ0v) is 14.2. The molecule has 3 aromatic heterocycles. The number of hydrogen-bond donors (Lipinski definition) is 1. The van der Waals surface area contributed by atoms with E-state index in [9.17, 15) is 9.90 Å². The summed E-state index contributed by atoms with van der Waals surface area (Å²) in [6, 6.07) is 9.30. The molecule has 0 aromatic carbocycles. The molecule has 8 heteroatoms. The van der Waals surface area contributed by atoms with Crippen molar-refractivity contribution in [2.45, 2.75) is 5.92 Å². The second-order valence-electron chi connectivity index (χ2n) is 6.35. The number of carbonyl (C=O) groups is 1. The Kier molecular flexibility index (Phi) is 4.08. The summed E-state index contributed by atoms with van der Waals surface area (Å²) in [7, 11) is 1.90. The number of aliphatic carboxylic acids is 1. The summed E-state index contributed by atoms with van der Waals surface area (Å²) in [6.45, 7) is 0.928. The van der Waals surface area contributed by atoms with Gasteiger partial charge < -0.3 is 14.6 Å². The molecule has 132 valence electrons. The van der Waals surface area contributed by atoms with Gasteiger partial charge in [-0.15, -0.1) is 10.2 Å². The number of hydrogen-bond acceptors (Lipinski definition) is 6. The Morgan fingerprint density at radius 2 is 2.00 bits per heavy atom. The van der Waals surface area contributed by atoms with Crippen LogP contribution in [-0.4, -0.2) is 48.9 Å². The van der Waals surface area contributed by atoms with Gasteiger partial charge in [0, 0.05) is 50.3 Å². The number of nitrogens with zero attached hydrogens (tertiary/aromatic N) is 6. The normalized spacial score (nSPS) is 19.7. The van der Waals surface area contributed by atoms with Gasteiger partial charge in [0.25, 0.3) is 0 Å². The highest BCUT2D eigenvalue weighted by Gasteiger charge is 2.40. The lowest BCUT2D eigenvalue weighted by molar-refractivity contribution is -0.141. The van der Waals surface area contributed by atoms with Gasteiger partial charge in [-0.3, -0.25) is 9.78 Å². The van der Waals surface area contributed by atoms with E-state index in [1.807, 2.05) is 53.0 Å². The minimum absolute atomic E-state index is 0.176. The Bertz CT molecular complexity index is 909. The van der Waals surface area contributed by atoms with E-state index in [4.69, 9.17) is 0 Å². The van der Waals surface area contributed by atoms with Gasteiger partial charge in [-0.05, 0) is 24.3 Å². The average Bonchev–Trinajstić information content (AvgIpc) is 3.29. The fraction of sp³-hybridized carbons (Fsp3) is 0.278. The first kappa shape index (κ1) is 16.2. The summed E-state index contributed by atoms with van der Waals surface area (Å²) in [6.07, 6.45) is 5.25. The largest absolute Gasteiger partial charge is 0.481 e. The smallest absolute Gasteiger partial charge is 0.309 e. The molecule has 0 spiro atoms. The lowest BCUT2D eigenvalue weighted by Crippen LogP contribution is -2.24. The second-order valence-corrected chi connectivity index (χ2v) is 6.35. The third kappa shape index (κ3) is 2.90. The van der Waals surface area contributed by atoms with Gasteiger partial charge in [0.15, 0.2) is 11.6 Å². The van der Waals surface area contributed by atoms with Gasteiger partial charge in [-0.2, -0.15) is 0 Å². The number of aryl methyl sites for hydroxylation is 1. The molecule has 0 aliphatic carbocycles. The number of pyridine rings is 1. The molecule has 0 amide bonds. The molecule has 1 aliphatic heterocycles. The molecule has 26 heavy (non-hydrogen) atoms. The van der Waals surface area contributed by atoms with E-state index in [-0.39, 0.29) is 5.92 Å². The molecular weight excluding hydrogens is 332 g/mol. The van der Waals surface area contributed by atoms with E-state index < -0.39 is 11.9 Å². The van der Waals surface area contributed by atoms with Crippen LogP contribution in [0.4, 0.5) is 5.82 Å². The van der Waals surface area contributed by atoms with E-state index in [1.165, 1.54) is 0 Å². The molecule has 4 heterocycles. The number of rotatable bonds is 4. The van der Waals surface area contributed by atoms with Gasteiger partial charge in [-0.25, -0.2) is 4.98 Å². The van der Waals surface area contributed by atoms with Crippen LogP contribution < -0.4 is 4.90 Å². The standard InChI is InChI=1S/C18H18N6O2/c1-23-9-8-20-17(23)15-5-6-16(22-21-15)24-10-12(13(11-24)18(25)26)14-4-2-3-7-19-14/h2-9,12-13H,10-11H2,1H3,(H,25,26). The minimum atomic E-state index is -0.819. The van der Waals surface area contributed by atoms with Gasteiger partial charge in [-0.1, -0.05) is 6.07 Å². The number of anilines is 1. The Morgan fingerprint density at radius 1 is 1.12 bits per heavy atom. The monoisotopic (exact) mass is 350 g/mol. The number of imidazole rings is 1. The molecule has 1 N–H and O–H groups in total. The Morgan fingerprint density at radius 3 is 2.62 bits per heavy atom. The summed E-state index contributed by atoms with van der Waals surface area (Å²) in [5, 5.41) is 18.2. The van der Waals surface area contributed by atoms with E-state index in [2.05, 4.69) is 20.2 Å². The van der Waals surface area contributed by atoms with Crippen molar-refractivity contribution in [3.8, 4) is 11.5 Å². The third-order valence-corrected chi connectivity index (χ3v) is 4.73. The van der Waals surface area contributed by atoms with Crippen LogP contribution in [0.15, 0.2) is 48.9 Å². The highest BCUT2D eigenvalue weighted by molar-refractivity contribution is 5.73. The Balaban J connectivity index is 1.58. The van der Waals surface area contributed by atoms with Crippen LogP contribution in [0.2, 0.25) is 0 Å². The molecule has 2 atom stereocenters. The van der Waals surface area contributed by atoms with Crippen LogP contribution in [0, 0.1) is 5.92 Å². The maximum atomic E-state index is 11.7. The van der Waals surface area contributed by atoms with Crippen molar-refractivity contribution in [3.63, 3.8) is 0 Å². The lowest BCUT2D eigenvalue weighted by Gasteiger charge is -2.16. The van der Waals surface area contributed by atoms with Crippen LogP contribution in [0.3, 0.4) is 0 Å². The molecule has 1 aliphatic rings. The third-order valence-electron chi connectivity index (χ3n) is 4.73. The highest BCUT2D eigenvalue weighted by atomic mass is 16.4. The molecule has 4 rings (SSSR count). The molecule has 3 aromatic rings. The number of carboxylic acid groups (broad SMARTS) is 1. The van der Waals surface area contributed by atoms with Gasteiger partial charge in [0.1, 0.15) is 5.69 Å². The first-order chi connectivity index (χ1) is 12.6. The molecule has 0 radical (unpaired) electrons. The van der Waals surface area contributed by atoms with Crippen molar-refractivity contribution >= 4 is 11.8 Å². The summed E-state index contributed by atoms with van der Waals surface area (Å²) < 4.78 is 1.87. The van der Waals surface area contributed by atoms with Crippen LogP contribution in [0.5, 0.6) is 0 Å². The minimum Gasteiger partial charge on any atom is -0.481 e. The Labute approximate surface area is 150 Å². The second kappa shape index (κ2) is 6.55. The zero-order chi connectivity index (χ0) is 18.1. The van der Waals surface area contributed by atoms with Crippen molar-refractivity contribution in [2.75, 3.05) is 18.0 Å². The quantitative estimate of drug-likeness (QED) is 0.763. The number of carboxylic acids is 1. The first-order valence-corrected chi connectivity index (χ1v) is 8.33. The predicted molar refractivity (Wildman–Crippen MR) is 94.6 cm³/mol. The zero-order valence-electron chi connectivity index (χ0n) is 14.2. The fourth-order valence-electron chi connectivity index (χ4n) is 3.36. The van der Waals surface area contributed by atoms with E-state index in [0.717, 1.165) is 11.5 Å². The highest BCUT2D eigenvalue weighted by Crippen LogP contribution is 2.34. The molecular formula is C18H18N6O2. The topological polar surface area (TPSA) is 97.0 Å². The summed E-state index contributed by atoms with van der Waals surface area (Å²) in [5.41, 5.74) is 1.47. The Hall–Kier alpha value is -3.29. The predicted octanol–water partition coefficient (Wildman–Crippen LogP) is 1.58. The summed E-state index contributed by atoms with van der Waals surface area (Å²) in [5.74, 6) is -0.126. The SMILES string of the molecule is Cn1ccnc1-c1ccc(N2CC(C(=O)O)C(c3ccccn3)C2)nn1. The van der Waals surface area contributed by atoms with Crippen LogP contribution >= 0.6 is 0 Å². The maximum Gasteiger partial charge on any atom is 0.309 e. The van der Waals surface area contributed by atoms with Crippen molar-refractivity contribution in [1.82, 2.24) is 24.7 Å². The molecule has 1 saturated heterocycles. The van der Waals surface area contributed by atoms with Crippen LogP contribution in [0.1, 0.15) is 11.6 Å². The molecule has 1 fully saturated rings. The molecule has 0 bridgehead atoms. The van der Waals surface area contributed by atoms with Gasteiger partial charge in [0.05, 0.1) is 5.92 Å². The van der Waals surface area contributed by atoms with E-state index in [0.29, 0.717) is 24.6 Å². The molecule has 8 nitrogen and oxygen atoms in total. The first-order valence-electron chi connectivity index (χ1n) is 8.33. The molecule has 2 unspecified atom stereocenters. The van der Waals surface area contributed by atoms with E-state index >= 15 is 0 Å². The van der Waals surface area contributed by atoms with Gasteiger partial charge >= 0.3 is 5.97 Å². The molecule has 0 saturated carbocycles. The summed E-state index contributed by atoms with van der Waals surface area (Å²) >= 11 is 0. The van der Waals surface area contributed by atoms with Crippen molar-refractivity contribution in [3.05, 3.63) is 54.6 Å². The van der Waals surface area contributed by atoms with Crippen molar-refractivity contribution in [1.29, 1.82) is 0 Å². The van der Waals surface area contributed by atoms with Crippen LogP contribution in [-0.2, 0) is 11.8 Å². The van der Waals surface area contributed by atoms with Crippen molar-refractivity contribution < 1.29 is 9.90 Å². The van der Waals surface area contributed by atoms with Gasteiger partial charge in [0.2, 0.25) is 0 Å². The fourth-order valence-corrected chi connectivity index (χ4v) is 3.36. The lowest BCUT2D eigenvalue weighted by atomic mass is 9.93. The average molecular weight is 350 g/mol. The summed E-state index contributed by atoms with van der Waals surface area (Å²) in [4.78, 5) is 22.3. The van der Waals surface area contributed by atoms with E-state index in [1.54, 1.807) is 12.4 Å². The maximum absolute atomic E-state index is 11.7.